The Hall–Kier alpha value is -0.570. The first-order valence-corrected chi connectivity index (χ1v) is 7.55. The standard InChI is InChI=1S/C15H26O3/c1-3-5-7-12(4-2)11-17-14(16)15-9-6-8-13(10-15)18-15/h12-13H,3-11H2,1-2H3. The van der Waals surface area contributed by atoms with Crippen LogP contribution in [0.15, 0.2) is 0 Å². The molecule has 0 amide bonds. The minimum absolute atomic E-state index is 0.103. The predicted octanol–water partition coefficient (Wildman–Crippen LogP) is 3.46. The van der Waals surface area contributed by atoms with Crippen LogP contribution >= 0.6 is 0 Å². The van der Waals surface area contributed by atoms with Crippen molar-refractivity contribution < 1.29 is 14.3 Å². The third kappa shape index (κ3) is 2.87. The van der Waals surface area contributed by atoms with Crippen LogP contribution in [-0.4, -0.2) is 24.3 Å². The molecule has 1 aliphatic carbocycles. The van der Waals surface area contributed by atoms with E-state index in [4.69, 9.17) is 9.47 Å². The molecule has 18 heavy (non-hydrogen) atoms. The summed E-state index contributed by atoms with van der Waals surface area (Å²) < 4.78 is 11.2. The van der Waals surface area contributed by atoms with Crippen LogP contribution in [0.1, 0.15) is 65.2 Å². The van der Waals surface area contributed by atoms with Gasteiger partial charge < -0.3 is 9.47 Å². The number of ether oxygens (including phenoxy) is 2. The SMILES string of the molecule is CCCCC(CC)COC(=O)C12CCCC(C1)O2. The molecule has 2 aliphatic heterocycles. The molecule has 0 aromatic carbocycles. The highest BCUT2D eigenvalue weighted by Crippen LogP contribution is 2.45. The molecule has 0 N–H and O–H groups in total. The number of fused-ring (bicyclic) bond motifs is 2. The van der Waals surface area contributed by atoms with Gasteiger partial charge in [0.1, 0.15) is 0 Å². The monoisotopic (exact) mass is 254 g/mol. The summed E-state index contributed by atoms with van der Waals surface area (Å²) in [6.07, 6.45) is 8.97. The summed E-state index contributed by atoms with van der Waals surface area (Å²) >= 11 is 0. The van der Waals surface area contributed by atoms with E-state index < -0.39 is 5.60 Å². The zero-order chi connectivity index (χ0) is 13.0. The highest BCUT2D eigenvalue weighted by molar-refractivity contribution is 5.81. The molecule has 3 unspecified atom stereocenters. The van der Waals surface area contributed by atoms with E-state index in [9.17, 15) is 4.79 Å². The first-order chi connectivity index (χ1) is 8.70. The van der Waals surface area contributed by atoms with Crippen molar-refractivity contribution >= 4 is 5.97 Å². The number of esters is 1. The Morgan fingerprint density at radius 3 is 2.83 bits per heavy atom. The van der Waals surface area contributed by atoms with Gasteiger partial charge in [-0.3, -0.25) is 0 Å². The first-order valence-electron chi connectivity index (χ1n) is 7.55. The second-order valence-electron chi connectivity index (χ2n) is 5.85. The van der Waals surface area contributed by atoms with Crippen LogP contribution in [0, 0.1) is 5.92 Å². The summed E-state index contributed by atoms with van der Waals surface area (Å²) in [5, 5.41) is 0. The van der Waals surface area contributed by atoms with Gasteiger partial charge in [-0.15, -0.1) is 0 Å². The topological polar surface area (TPSA) is 35.5 Å². The molecule has 0 spiro atoms. The Morgan fingerprint density at radius 2 is 2.28 bits per heavy atom. The average Bonchev–Trinajstić information content (AvgIpc) is 2.38. The summed E-state index contributed by atoms with van der Waals surface area (Å²) in [7, 11) is 0. The van der Waals surface area contributed by atoms with Crippen molar-refractivity contribution in [2.45, 2.75) is 76.9 Å². The predicted molar refractivity (Wildman–Crippen MR) is 70.3 cm³/mol. The molecule has 2 saturated heterocycles. The van der Waals surface area contributed by atoms with E-state index in [-0.39, 0.29) is 5.97 Å². The molecule has 3 fully saturated rings. The van der Waals surface area contributed by atoms with Gasteiger partial charge in [0.15, 0.2) is 5.60 Å². The van der Waals surface area contributed by atoms with Crippen LogP contribution in [0.3, 0.4) is 0 Å². The zero-order valence-electron chi connectivity index (χ0n) is 11.7. The Labute approximate surface area is 110 Å². The minimum Gasteiger partial charge on any atom is -0.463 e. The minimum atomic E-state index is -0.550. The van der Waals surface area contributed by atoms with Gasteiger partial charge in [-0.05, 0) is 31.6 Å². The molecule has 3 atom stereocenters. The normalized spacial score (nSPS) is 31.6. The van der Waals surface area contributed by atoms with Crippen LogP contribution in [0.5, 0.6) is 0 Å². The largest absolute Gasteiger partial charge is 0.463 e. The summed E-state index contributed by atoms with van der Waals surface area (Å²) in [6, 6.07) is 0. The highest BCUT2D eigenvalue weighted by Gasteiger charge is 2.55. The Kier molecular flexibility index (Phi) is 4.66. The van der Waals surface area contributed by atoms with E-state index in [1.165, 1.54) is 12.8 Å². The number of hydrogen-bond acceptors (Lipinski definition) is 3. The molecule has 3 heteroatoms. The molecule has 0 aromatic rings. The molecule has 0 radical (unpaired) electrons. The lowest BCUT2D eigenvalue weighted by molar-refractivity contribution is -0.246. The van der Waals surface area contributed by atoms with Crippen molar-refractivity contribution in [3.63, 3.8) is 0 Å². The zero-order valence-corrected chi connectivity index (χ0v) is 11.7. The van der Waals surface area contributed by atoms with Gasteiger partial charge in [0.2, 0.25) is 0 Å². The number of carbonyl (C=O) groups is 1. The third-order valence-corrected chi connectivity index (χ3v) is 4.42. The van der Waals surface area contributed by atoms with Crippen molar-refractivity contribution in [2.75, 3.05) is 6.61 Å². The van der Waals surface area contributed by atoms with E-state index in [0.717, 1.165) is 38.5 Å². The average molecular weight is 254 g/mol. The van der Waals surface area contributed by atoms with Gasteiger partial charge in [-0.1, -0.05) is 33.1 Å². The fraction of sp³-hybridized carbons (Fsp3) is 0.933. The smallest absolute Gasteiger partial charge is 0.338 e. The van der Waals surface area contributed by atoms with Crippen molar-refractivity contribution in [3.05, 3.63) is 0 Å². The van der Waals surface area contributed by atoms with Gasteiger partial charge in [-0.25, -0.2) is 4.79 Å². The Morgan fingerprint density at radius 1 is 1.50 bits per heavy atom. The molecular weight excluding hydrogens is 228 g/mol. The number of carbonyl (C=O) groups excluding carboxylic acids is 1. The number of rotatable bonds is 7. The molecule has 2 heterocycles. The lowest BCUT2D eigenvalue weighted by atomic mass is 9.77. The maximum atomic E-state index is 12.1. The molecule has 104 valence electrons. The second kappa shape index (κ2) is 6.05. The number of hydrogen-bond donors (Lipinski definition) is 0. The molecule has 3 aliphatic rings. The molecule has 2 bridgehead atoms. The molecule has 1 saturated carbocycles. The van der Waals surface area contributed by atoms with Crippen LogP contribution < -0.4 is 0 Å². The van der Waals surface area contributed by atoms with Crippen LogP contribution in [0.2, 0.25) is 0 Å². The van der Waals surface area contributed by atoms with E-state index in [1.807, 2.05) is 0 Å². The Balaban J connectivity index is 1.74. The quantitative estimate of drug-likeness (QED) is 0.653. The van der Waals surface area contributed by atoms with Crippen LogP contribution in [0.25, 0.3) is 0 Å². The highest BCUT2D eigenvalue weighted by atomic mass is 16.6. The molecule has 0 aromatic heterocycles. The van der Waals surface area contributed by atoms with E-state index in [1.54, 1.807) is 0 Å². The first kappa shape index (κ1) is 13.9. The van der Waals surface area contributed by atoms with E-state index in [0.29, 0.717) is 18.6 Å². The van der Waals surface area contributed by atoms with Gasteiger partial charge in [0, 0.05) is 6.42 Å². The lowest BCUT2D eigenvalue weighted by Crippen LogP contribution is -2.59. The third-order valence-electron chi connectivity index (χ3n) is 4.42. The summed E-state index contributed by atoms with van der Waals surface area (Å²) in [4.78, 5) is 12.1. The number of unbranched alkanes of at least 4 members (excludes halogenated alkanes) is 1. The van der Waals surface area contributed by atoms with Crippen molar-refractivity contribution in [3.8, 4) is 0 Å². The van der Waals surface area contributed by atoms with Gasteiger partial charge in [0.25, 0.3) is 0 Å². The summed E-state index contributed by atoms with van der Waals surface area (Å²) in [6.45, 7) is 4.94. The van der Waals surface area contributed by atoms with Gasteiger partial charge >= 0.3 is 5.97 Å². The molecular formula is C15H26O3. The van der Waals surface area contributed by atoms with Crippen LogP contribution in [-0.2, 0) is 14.3 Å². The van der Waals surface area contributed by atoms with Gasteiger partial charge in [-0.2, -0.15) is 0 Å². The van der Waals surface area contributed by atoms with Crippen molar-refractivity contribution in [2.24, 2.45) is 5.92 Å². The maximum Gasteiger partial charge on any atom is 0.338 e. The summed E-state index contributed by atoms with van der Waals surface area (Å²) in [5.74, 6) is 0.415. The fourth-order valence-corrected chi connectivity index (χ4v) is 3.07. The second-order valence-corrected chi connectivity index (χ2v) is 5.85. The van der Waals surface area contributed by atoms with Crippen molar-refractivity contribution in [1.82, 2.24) is 0 Å². The van der Waals surface area contributed by atoms with Crippen molar-refractivity contribution in [1.29, 1.82) is 0 Å². The van der Waals surface area contributed by atoms with Gasteiger partial charge in [0.05, 0.1) is 12.7 Å². The summed E-state index contributed by atoms with van der Waals surface area (Å²) in [5.41, 5.74) is -0.550. The van der Waals surface area contributed by atoms with E-state index in [2.05, 4.69) is 13.8 Å². The van der Waals surface area contributed by atoms with Crippen LogP contribution in [0.4, 0.5) is 0 Å². The molecule has 3 rings (SSSR count). The Bertz CT molecular complexity index is 276. The maximum absolute atomic E-state index is 12.1. The molecule has 3 nitrogen and oxygen atoms in total. The fourth-order valence-electron chi connectivity index (χ4n) is 3.07. The lowest BCUT2D eigenvalue weighted by Gasteiger charge is -2.50. The van der Waals surface area contributed by atoms with E-state index >= 15 is 0 Å².